The van der Waals surface area contributed by atoms with Crippen molar-refractivity contribution in [1.29, 1.82) is 0 Å². The van der Waals surface area contributed by atoms with Crippen molar-refractivity contribution in [3.63, 3.8) is 0 Å². The highest BCUT2D eigenvalue weighted by molar-refractivity contribution is 5.91. The number of benzene rings is 1. The zero-order chi connectivity index (χ0) is 19.0. The third kappa shape index (κ3) is 3.61. The van der Waals surface area contributed by atoms with E-state index in [1.54, 1.807) is 20.3 Å². The van der Waals surface area contributed by atoms with Crippen LogP contribution in [-0.4, -0.2) is 61.2 Å². The monoisotopic (exact) mass is 407 g/mol. The molecule has 9 heteroatoms. The summed E-state index contributed by atoms with van der Waals surface area (Å²) in [5.41, 5.74) is 6.90. The Bertz CT molecular complexity index is 866. The van der Waals surface area contributed by atoms with E-state index in [2.05, 4.69) is 14.9 Å². The summed E-state index contributed by atoms with van der Waals surface area (Å²) in [7, 11) is 3.18. The number of methoxy groups -OCH3 is 2. The van der Waals surface area contributed by atoms with Gasteiger partial charge in [0.15, 0.2) is 11.5 Å². The molecule has 152 valence electrons. The van der Waals surface area contributed by atoms with E-state index in [9.17, 15) is 4.79 Å². The molecule has 0 unspecified atom stereocenters. The van der Waals surface area contributed by atoms with Crippen molar-refractivity contribution in [2.24, 2.45) is 5.92 Å². The lowest BCUT2D eigenvalue weighted by Gasteiger charge is -2.37. The van der Waals surface area contributed by atoms with Crippen LogP contribution in [0, 0.1) is 5.92 Å². The molecule has 1 aromatic carbocycles. The minimum atomic E-state index is 0. The number of carbonyl (C=O) groups is 1. The van der Waals surface area contributed by atoms with Crippen LogP contribution in [-0.2, 0) is 4.79 Å². The van der Waals surface area contributed by atoms with Crippen molar-refractivity contribution >= 4 is 41.0 Å². The van der Waals surface area contributed by atoms with E-state index in [4.69, 9.17) is 15.2 Å². The van der Waals surface area contributed by atoms with Gasteiger partial charge in [-0.3, -0.25) is 4.79 Å². The Balaban J connectivity index is 0.00000225. The molecule has 0 bridgehead atoms. The van der Waals surface area contributed by atoms with E-state index >= 15 is 0 Å². The van der Waals surface area contributed by atoms with Crippen LogP contribution in [0.15, 0.2) is 12.1 Å². The summed E-state index contributed by atoms with van der Waals surface area (Å²) in [6.07, 6.45) is 2.77. The fraction of sp³-hybridized carbons (Fsp3) is 0.526. The quantitative estimate of drug-likeness (QED) is 0.829. The molecule has 2 saturated heterocycles. The maximum absolute atomic E-state index is 12.4. The van der Waals surface area contributed by atoms with Gasteiger partial charge in [-0.25, -0.2) is 4.98 Å². The van der Waals surface area contributed by atoms with Gasteiger partial charge in [-0.05, 0) is 25.3 Å². The number of anilines is 2. The van der Waals surface area contributed by atoms with Crippen LogP contribution < -0.4 is 20.1 Å². The zero-order valence-electron chi connectivity index (χ0n) is 16.2. The predicted molar refractivity (Wildman–Crippen MR) is 110 cm³/mol. The molecule has 0 atom stereocenters. The number of likely N-dealkylation sites (tertiary alicyclic amines) is 1. The molecule has 2 fully saturated rings. The highest BCUT2D eigenvalue weighted by Crippen LogP contribution is 2.34. The Kier molecular flexibility index (Phi) is 5.98. The first-order valence-corrected chi connectivity index (χ1v) is 9.33. The van der Waals surface area contributed by atoms with Crippen LogP contribution in [0.3, 0.4) is 0 Å². The van der Waals surface area contributed by atoms with Gasteiger partial charge in [-0.1, -0.05) is 0 Å². The molecule has 2 aliphatic heterocycles. The van der Waals surface area contributed by atoms with Crippen molar-refractivity contribution in [3.8, 4) is 11.5 Å². The SMILES string of the molecule is COc1cc2nc(N3CCC(C(=O)N4CCC4)CC3)nc(N)c2cc1OC.Cl. The van der Waals surface area contributed by atoms with Crippen molar-refractivity contribution in [2.45, 2.75) is 19.3 Å². The number of carbonyl (C=O) groups excluding carboxylic acids is 1. The topological polar surface area (TPSA) is 93.8 Å². The van der Waals surface area contributed by atoms with Crippen LogP contribution in [0.2, 0.25) is 0 Å². The molecular formula is C19H26ClN5O3. The van der Waals surface area contributed by atoms with E-state index in [1.165, 1.54) is 0 Å². The standard InChI is InChI=1S/C19H25N5O3.ClH/c1-26-15-10-13-14(11-16(15)27-2)21-19(22-17(13)20)24-8-4-12(5-9-24)18(25)23-6-3-7-23;/h10-12H,3-9H2,1-2H3,(H2,20,21,22);1H. The fourth-order valence-corrected chi connectivity index (χ4v) is 3.73. The number of hydrogen-bond donors (Lipinski definition) is 1. The van der Waals surface area contributed by atoms with Crippen LogP contribution in [0.25, 0.3) is 10.9 Å². The molecule has 3 heterocycles. The van der Waals surface area contributed by atoms with Crippen LogP contribution >= 0.6 is 12.4 Å². The van der Waals surface area contributed by atoms with E-state index < -0.39 is 0 Å². The highest BCUT2D eigenvalue weighted by Gasteiger charge is 2.31. The van der Waals surface area contributed by atoms with Crippen molar-refractivity contribution in [3.05, 3.63) is 12.1 Å². The van der Waals surface area contributed by atoms with Gasteiger partial charge in [-0.2, -0.15) is 4.98 Å². The van der Waals surface area contributed by atoms with Crippen molar-refractivity contribution < 1.29 is 14.3 Å². The Morgan fingerprint density at radius 3 is 2.29 bits per heavy atom. The molecule has 2 aromatic rings. The summed E-state index contributed by atoms with van der Waals surface area (Å²) in [6, 6.07) is 3.61. The summed E-state index contributed by atoms with van der Waals surface area (Å²) in [5.74, 6) is 2.63. The van der Waals surface area contributed by atoms with Crippen LogP contribution in [0.4, 0.5) is 11.8 Å². The van der Waals surface area contributed by atoms with Gasteiger partial charge in [0.1, 0.15) is 5.82 Å². The number of fused-ring (bicyclic) bond motifs is 1. The van der Waals surface area contributed by atoms with Crippen molar-refractivity contribution in [1.82, 2.24) is 14.9 Å². The largest absolute Gasteiger partial charge is 0.493 e. The first kappa shape index (κ1) is 20.3. The number of halogens is 1. The normalized spacial score (nSPS) is 17.1. The number of piperidine rings is 1. The number of nitrogens with two attached hydrogens (primary N) is 1. The predicted octanol–water partition coefficient (Wildman–Crippen LogP) is 2.10. The summed E-state index contributed by atoms with van der Waals surface area (Å²) < 4.78 is 10.7. The smallest absolute Gasteiger partial charge is 0.227 e. The molecule has 1 aromatic heterocycles. The Hall–Kier alpha value is -2.48. The lowest BCUT2D eigenvalue weighted by Crippen LogP contribution is -2.48. The average Bonchev–Trinajstić information content (AvgIpc) is 2.65. The van der Waals surface area contributed by atoms with Gasteiger partial charge < -0.3 is 25.0 Å². The second-order valence-electron chi connectivity index (χ2n) is 7.07. The molecule has 0 saturated carbocycles. The Labute approximate surface area is 170 Å². The molecule has 0 aliphatic carbocycles. The second-order valence-corrected chi connectivity index (χ2v) is 7.07. The van der Waals surface area contributed by atoms with Crippen molar-refractivity contribution in [2.75, 3.05) is 51.0 Å². The second kappa shape index (κ2) is 8.26. The molecule has 0 spiro atoms. The van der Waals surface area contributed by atoms with Crippen LogP contribution in [0.1, 0.15) is 19.3 Å². The number of nitrogen functional groups attached to an aromatic ring is 1. The molecule has 1 amide bonds. The van der Waals surface area contributed by atoms with E-state index in [-0.39, 0.29) is 18.3 Å². The first-order valence-electron chi connectivity index (χ1n) is 9.33. The molecule has 2 aliphatic rings. The molecule has 4 rings (SSSR count). The van der Waals surface area contributed by atoms with Gasteiger partial charge in [0, 0.05) is 43.5 Å². The van der Waals surface area contributed by atoms with Gasteiger partial charge in [0.2, 0.25) is 11.9 Å². The molecule has 2 N–H and O–H groups in total. The zero-order valence-corrected chi connectivity index (χ0v) is 17.0. The van der Waals surface area contributed by atoms with E-state index in [0.29, 0.717) is 34.7 Å². The highest BCUT2D eigenvalue weighted by atomic mass is 35.5. The number of amides is 1. The van der Waals surface area contributed by atoms with E-state index in [0.717, 1.165) is 50.8 Å². The summed E-state index contributed by atoms with van der Waals surface area (Å²) in [4.78, 5) is 25.6. The summed E-state index contributed by atoms with van der Waals surface area (Å²) in [5, 5.41) is 0.735. The van der Waals surface area contributed by atoms with Gasteiger partial charge in [0.05, 0.1) is 19.7 Å². The molecule has 8 nitrogen and oxygen atoms in total. The van der Waals surface area contributed by atoms with Gasteiger partial charge >= 0.3 is 0 Å². The maximum atomic E-state index is 12.4. The number of aromatic nitrogens is 2. The molecule has 0 radical (unpaired) electrons. The number of nitrogens with zero attached hydrogens (tertiary/aromatic N) is 4. The average molecular weight is 408 g/mol. The number of hydrogen-bond acceptors (Lipinski definition) is 7. The minimum Gasteiger partial charge on any atom is -0.493 e. The minimum absolute atomic E-state index is 0. The maximum Gasteiger partial charge on any atom is 0.227 e. The third-order valence-electron chi connectivity index (χ3n) is 5.51. The third-order valence-corrected chi connectivity index (χ3v) is 5.51. The molecular weight excluding hydrogens is 382 g/mol. The van der Waals surface area contributed by atoms with Gasteiger partial charge in [-0.15, -0.1) is 12.4 Å². The fourth-order valence-electron chi connectivity index (χ4n) is 3.73. The summed E-state index contributed by atoms with van der Waals surface area (Å²) in [6.45, 7) is 3.33. The lowest BCUT2D eigenvalue weighted by atomic mass is 9.94. The van der Waals surface area contributed by atoms with Crippen LogP contribution in [0.5, 0.6) is 11.5 Å². The summed E-state index contributed by atoms with van der Waals surface area (Å²) >= 11 is 0. The Morgan fingerprint density at radius 2 is 1.71 bits per heavy atom. The Morgan fingerprint density at radius 1 is 1.07 bits per heavy atom. The number of rotatable bonds is 4. The van der Waals surface area contributed by atoms with E-state index in [1.807, 2.05) is 11.0 Å². The number of ether oxygens (including phenoxy) is 2. The van der Waals surface area contributed by atoms with Gasteiger partial charge in [0.25, 0.3) is 0 Å². The first-order chi connectivity index (χ1) is 13.1. The lowest BCUT2D eigenvalue weighted by molar-refractivity contribution is -0.139. The molecule has 28 heavy (non-hydrogen) atoms.